The lowest BCUT2D eigenvalue weighted by Crippen LogP contribution is -2.06. The van der Waals surface area contributed by atoms with Crippen LogP contribution in [0.1, 0.15) is 6.92 Å². The molecule has 0 saturated carbocycles. The third kappa shape index (κ3) is 3.54. The molecule has 56 valence electrons. The highest BCUT2D eigenvalue weighted by Gasteiger charge is 1.87. The van der Waals surface area contributed by atoms with E-state index in [0.717, 1.165) is 0 Å². The van der Waals surface area contributed by atoms with E-state index in [0.29, 0.717) is 0 Å². The van der Waals surface area contributed by atoms with Crippen molar-refractivity contribution in [1.82, 2.24) is 0 Å². The van der Waals surface area contributed by atoms with Gasteiger partial charge in [0.05, 0.1) is 5.70 Å². The quantitative estimate of drug-likeness (QED) is 0.192. The summed E-state index contributed by atoms with van der Waals surface area (Å²) in [6.45, 7) is 1.46. The maximum Gasteiger partial charge on any atom is 0.115 e. The standard InChI is InChI=1S/C6H11N3O/c1-4(10)5(7)2-3-6(8)9/h2-3,10H,7H2,1H3,(H3,8,9)/b3-2-,5-4+. The van der Waals surface area contributed by atoms with Gasteiger partial charge in [0.25, 0.3) is 0 Å². The molecule has 0 aliphatic heterocycles. The number of hydrogen-bond acceptors (Lipinski definition) is 3. The van der Waals surface area contributed by atoms with Crippen molar-refractivity contribution in [2.24, 2.45) is 11.5 Å². The molecule has 4 nitrogen and oxygen atoms in total. The summed E-state index contributed by atoms with van der Waals surface area (Å²) in [7, 11) is 0. The zero-order chi connectivity index (χ0) is 8.15. The largest absolute Gasteiger partial charge is 0.510 e. The first-order valence-electron chi connectivity index (χ1n) is 2.71. The molecule has 0 saturated heterocycles. The van der Waals surface area contributed by atoms with E-state index in [-0.39, 0.29) is 17.3 Å². The third-order valence-electron chi connectivity index (χ3n) is 0.860. The van der Waals surface area contributed by atoms with Gasteiger partial charge >= 0.3 is 0 Å². The van der Waals surface area contributed by atoms with Crippen LogP contribution in [0.5, 0.6) is 0 Å². The van der Waals surface area contributed by atoms with Gasteiger partial charge in [-0.1, -0.05) is 0 Å². The number of aliphatic hydroxyl groups is 1. The van der Waals surface area contributed by atoms with Crippen LogP contribution in [0, 0.1) is 5.41 Å². The summed E-state index contributed by atoms with van der Waals surface area (Å²) in [5.41, 5.74) is 10.5. The number of hydrogen-bond donors (Lipinski definition) is 4. The number of allylic oxidation sites excluding steroid dienone is 2. The predicted molar refractivity (Wildman–Crippen MR) is 40.6 cm³/mol. The van der Waals surface area contributed by atoms with E-state index >= 15 is 0 Å². The number of nitrogens with one attached hydrogen (secondary N) is 1. The highest BCUT2D eigenvalue weighted by atomic mass is 16.3. The fourth-order valence-corrected chi connectivity index (χ4v) is 0.300. The Hall–Kier alpha value is -1.45. The Bertz CT molecular complexity index is 189. The van der Waals surface area contributed by atoms with Crippen LogP contribution in [0.3, 0.4) is 0 Å². The van der Waals surface area contributed by atoms with Crippen molar-refractivity contribution >= 4 is 5.84 Å². The minimum atomic E-state index is -0.0933. The van der Waals surface area contributed by atoms with Gasteiger partial charge in [-0.15, -0.1) is 0 Å². The van der Waals surface area contributed by atoms with Crippen LogP contribution in [0.15, 0.2) is 23.6 Å². The van der Waals surface area contributed by atoms with Crippen LogP contribution in [0.4, 0.5) is 0 Å². The van der Waals surface area contributed by atoms with Crippen LogP contribution in [-0.4, -0.2) is 10.9 Å². The second-order valence-electron chi connectivity index (χ2n) is 1.83. The second kappa shape index (κ2) is 3.55. The van der Waals surface area contributed by atoms with Crippen molar-refractivity contribution in [3.05, 3.63) is 23.6 Å². The van der Waals surface area contributed by atoms with E-state index in [4.69, 9.17) is 22.0 Å². The fraction of sp³-hybridized carbons (Fsp3) is 0.167. The zero-order valence-corrected chi connectivity index (χ0v) is 5.76. The molecule has 0 aliphatic carbocycles. The Kier molecular flexibility index (Phi) is 3.04. The molecule has 0 bridgehead atoms. The van der Waals surface area contributed by atoms with Gasteiger partial charge in [-0.2, -0.15) is 0 Å². The lowest BCUT2D eigenvalue weighted by Gasteiger charge is -1.92. The molecule has 0 radical (unpaired) electrons. The summed E-state index contributed by atoms with van der Waals surface area (Å²) < 4.78 is 0. The smallest absolute Gasteiger partial charge is 0.115 e. The molecule has 0 spiro atoms. The van der Waals surface area contributed by atoms with Crippen molar-refractivity contribution in [3.63, 3.8) is 0 Å². The van der Waals surface area contributed by atoms with Crippen LogP contribution in [0.2, 0.25) is 0 Å². The second-order valence-corrected chi connectivity index (χ2v) is 1.83. The number of aliphatic hydroxyl groups excluding tert-OH is 1. The zero-order valence-electron chi connectivity index (χ0n) is 5.76. The minimum absolute atomic E-state index is 0.0255. The summed E-state index contributed by atoms with van der Waals surface area (Å²) in [6, 6.07) is 0. The van der Waals surface area contributed by atoms with E-state index in [2.05, 4.69) is 0 Å². The Morgan fingerprint density at radius 2 is 1.90 bits per heavy atom. The van der Waals surface area contributed by atoms with Gasteiger partial charge in [0.2, 0.25) is 0 Å². The molecule has 10 heavy (non-hydrogen) atoms. The van der Waals surface area contributed by atoms with Crippen molar-refractivity contribution in [2.75, 3.05) is 0 Å². The van der Waals surface area contributed by atoms with Crippen LogP contribution in [0.25, 0.3) is 0 Å². The van der Waals surface area contributed by atoms with Gasteiger partial charge in [-0.25, -0.2) is 0 Å². The molecule has 0 aromatic rings. The maximum absolute atomic E-state index is 8.73. The van der Waals surface area contributed by atoms with Crippen molar-refractivity contribution in [1.29, 1.82) is 5.41 Å². The monoisotopic (exact) mass is 141 g/mol. The van der Waals surface area contributed by atoms with E-state index < -0.39 is 0 Å². The average molecular weight is 141 g/mol. The molecule has 0 heterocycles. The van der Waals surface area contributed by atoms with Crippen molar-refractivity contribution < 1.29 is 5.11 Å². The Balaban J connectivity index is 4.16. The predicted octanol–water partition coefficient (Wildman–Crippen LogP) is 0.227. The Morgan fingerprint density at radius 3 is 2.20 bits per heavy atom. The van der Waals surface area contributed by atoms with E-state index in [1.807, 2.05) is 0 Å². The summed E-state index contributed by atoms with van der Waals surface area (Å²) in [5, 5.41) is 15.5. The molecule has 0 atom stereocenters. The van der Waals surface area contributed by atoms with E-state index in [1.54, 1.807) is 0 Å². The lowest BCUT2D eigenvalue weighted by atomic mass is 10.3. The SMILES string of the molecule is C/C(O)=C(N)/C=C\C(=N)N. The molecule has 0 aromatic heterocycles. The normalized spacial score (nSPS) is 13.3. The molecule has 6 N–H and O–H groups in total. The lowest BCUT2D eigenvalue weighted by molar-refractivity contribution is 0.408. The van der Waals surface area contributed by atoms with Crippen LogP contribution in [-0.2, 0) is 0 Å². The number of rotatable bonds is 2. The third-order valence-corrected chi connectivity index (χ3v) is 0.860. The molecule has 4 heteroatoms. The number of nitrogens with two attached hydrogens (primary N) is 2. The van der Waals surface area contributed by atoms with Gasteiger partial charge in [-0.05, 0) is 19.1 Å². The number of amidine groups is 1. The van der Waals surface area contributed by atoms with Crippen LogP contribution >= 0.6 is 0 Å². The summed E-state index contributed by atoms with van der Waals surface area (Å²) in [6.07, 6.45) is 2.67. The fourth-order valence-electron chi connectivity index (χ4n) is 0.300. The van der Waals surface area contributed by atoms with Gasteiger partial charge in [0.1, 0.15) is 11.6 Å². The first kappa shape index (κ1) is 8.55. The molecular weight excluding hydrogens is 130 g/mol. The summed E-state index contributed by atoms with van der Waals surface area (Å²) in [4.78, 5) is 0. The molecule has 0 aromatic carbocycles. The topological polar surface area (TPSA) is 96.1 Å². The molecule has 0 fully saturated rings. The van der Waals surface area contributed by atoms with Gasteiger partial charge in [0, 0.05) is 0 Å². The van der Waals surface area contributed by atoms with Crippen molar-refractivity contribution in [3.8, 4) is 0 Å². The molecule has 0 rings (SSSR count). The summed E-state index contributed by atoms with van der Waals surface area (Å²) in [5.74, 6) is -0.0679. The molecule has 0 unspecified atom stereocenters. The minimum Gasteiger partial charge on any atom is -0.510 e. The highest BCUT2D eigenvalue weighted by Crippen LogP contribution is 1.92. The van der Waals surface area contributed by atoms with Gasteiger partial charge in [-0.3, -0.25) is 5.41 Å². The first-order chi connectivity index (χ1) is 4.54. The van der Waals surface area contributed by atoms with Crippen LogP contribution < -0.4 is 11.5 Å². The van der Waals surface area contributed by atoms with E-state index in [1.165, 1.54) is 19.1 Å². The van der Waals surface area contributed by atoms with E-state index in [9.17, 15) is 0 Å². The van der Waals surface area contributed by atoms with Crippen molar-refractivity contribution in [2.45, 2.75) is 6.92 Å². The first-order valence-corrected chi connectivity index (χ1v) is 2.71. The van der Waals surface area contributed by atoms with Gasteiger partial charge in [0.15, 0.2) is 0 Å². The molecule has 0 amide bonds. The average Bonchev–Trinajstić information content (AvgIpc) is 1.82. The molecule has 0 aliphatic rings. The highest BCUT2D eigenvalue weighted by molar-refractivity contribution is 5.88. The Morgan fingerprint density at radius 1 is 1.40 bits per heavy atom. The summed E-state index contributed by atoms with van der Waals surface area (Å²) >= 11 is 0. The van der Waals surface area contributed by atoms with Gasteiger partial charge < -0.3 is 16.6 Å². The Labute approximate surface area is 59.3 Å². The molecular formula is C6H11N3O. The maximum atomic E-state index is 8.73.